The first-order valence-electron chi connectivity index (χ1n) is 8.83. The van der Waals surface area contributed by atoms with Crippen molar-refractivity contribution in [2.45, 2.75) is 12.5 Å². The zero-order valence-electron chi connectivity index (χ0n) is 14.6. The van der Waals surface area contributed by atoms with E-state index in [1.807, 2.05) is 12.1 Å². The fraction of sp³-hybridized carbons (Fsp3) is 0.250. The van der Waals surface area contributed by atoms with Crippen LogP contribution in [0.2, 0.25) is 0 Å². The summed E-state index contributed by atoms with van der Waals surface area (Å²) in [5, 5.41) is 12.5. The summed E-state index contributed by atoms with van der Waals surface area (Å²) < 4.78 is 0. The van der Waals surface area contributed by atoms with Gasteiger partial charge in [-0.1, -0.05) is 24.3 Å². The van der Waals surface area contributed by atoms with E-state index in [2.05, 4.69) is 5.32 Å². The molecule has 2 N–H and O–H groups in total. The average molecular weight is 365 g/mol. The van der Waals surface area contributed by atoms with Gasteiger partial charge < -0.3 is 15.3 Å². The van der Waals surface area contributed by atoms with E-state index in [1.165, 1.54) is 4.90 Å². The molecule has 2 aliphatic heterocycles. The molecule has 2 aliphatic rings. The van der Waals surface area contributed by atoms with E-state index < -0.39 is 12.0 Å². The van der Waals surface area contributed by atoms with Gasteiger partial charge in [-0.15, -0.1) is 0 Å². The first-order chi connectivity index (χ1) is 13.1. The van der Waals surface area contributed by atoms with Crippen LogP contribution in [0, 0.1) is 0 Å². The second-order valence-corrected chi connectivity index (χ2v) is 6.62. The van der Waals surface area contributed by atoms with Crippen LogP contribution in [0.5, 0.6) is 0 Å². The van der Waals surface area contributed by atoms with Crippen molar-refractivity contribution in [1.82, 2.24) is 10.2 Å². The fourth-order valence-corrected chi connectivity index (χ4v) is 3.72. The predicted octanol–water partition coefficient (Wildman–Crippen LogP) is 2.04. The largest absolute Gasteiger partial charge is 0.479 e. The van der Waals surface area contributed by atoms with E-state index in [0.29, 0.717) is 42.9 Å². The number of fused-ring (bicyclic) bond motifs is 1. The van der Waals surface area contributed by atoms with Crippen LogP contribution in [0.25, 0.3) is 0 Å². The SMILES string of the molecule is O=C(O)C1c2ccccc2CCN1C(=O)c1ccc(N2CCNC2=O)cc1. The lowest BCUT2D eigenvalue weighted by molar-refractivity contribution is -0.143. The van der Waals surface area contributed by atoms with Gasteiger partial charge in [0.2, 0.25) is 0 Å². The zero-order valence-corrected chi connectivity index (χ0v) is 14.6. The minimum Gasteiger partial charge on any atom is -0.479 e. The van der Waals surface area contributed by atoms with Gasteiger partial charge in [0.15, 0.2) is 6.04 Å². The quantitative estimate of drug-likeness (QED) is 0.871. The van der Waals surface area contributed by atoms with Crippen LogP contribution < -0.4 is 10.2 Å². The number of nitrogens with one attached hydrogen (secondary N) is 1. The highest BCUT2D eigenvalue weighted by Crippen LogP contribution is 2.31. The van der Waals surface area contributed by atoms with Crippen LogP contribution in [0.1, 0.15) is 27.5 Å². The Hall–Kier alpha value is -3.35. The fourth-order valence-electron chi connectivity index (χ4n) is 3.72. The summed E-state index contributed by atoms with van der Waals surface area (Å²) in [6, 6.07) is 12.9. The summed E-state index contributed by atoms with van der Waals surface area (Å²) in [6.45, 7) is 1.52. The van der Waals surface area contributed by atoms with Crippen LogP contribution >= 0.6 is 0 Å². The molecule has 7 nitrogen and oxygen atoms in total. The maximum Gasteiger partial charge on any atom is 0.331 e. The molecule has 138 valence electrons. The number of carbonyl (C=O) groups is 3. The molecule has 0 aromatic heterocycles. The van der Waals surface area contributed by atoms with Gasteiger partial charge in [-0.3, -0.25) is 9.69 Å². The van der Waals surface area contributed by atoms with Gasteiger partial charge in [-0.05, 0) is 41.8 Å². The number of carboxylic acid groups (broad SMARTS) is 1. The standard InChI is InChI=1S/C20H19N3O4/c24-18(14-5-7-15(8-6-14)22-12-10-21-20(22)27)23-11-9-13-3-1-2-4-16(13)17(23)19(25)26/h1-8,17H,9-12H2,(H,21,27)(H,25,26). The maximum absolute atomic E-state index is 13.0. The molecule has 2 heterocycles. The Labute approximate surface area is 156 Å². The van der Waals surface area contributed by atoms with E-state index in [1.54, 1.807) is 41.3 Å². The first kappa shape index (κ1) is 17.1. The zero-order chi connectivity index (χ0) is 19.0. The lowest BCUT2D eigenvalue weighted by atomic mass is 9.92. The third-order valence-electron chi connectivity index (χ3n) is 5.06. The van der Waals surface area contributed by atoms with Gasteiger partial charge in [-0.2, -0.15) is 0 Å². The molecule has 1 unspecified atom stereocenters. The second kappa shape index (κ2) is 6.75. The molecule has 0 radical (unpaired) electrons. The molecule has 3 amide bonds. The molecule has 0 bridgehead atoms. The summed E-state index contributed by atoms with van der Waals surface area (Å²) in [4.78, 5) is 39.6. The molecule has 1 saturated heterocycles. The molecule has 0 saturated carbocycles. The smallest absolute Gasteiger partial charge is 0.331 e. The number of nitrogens with zero attached hydrogens (tertiary/aromatic N) is 2. The van der Waals surface area contributed by atoms with Gasteiger partial charge in [0.25, 0.3) is 5.91 Å². The normalized spacial score (nSPS) is 18.8. The summed E-state index contributed by atoms with van der Waals surface area (Å²) in [6.07, 6.45) is 0.623. The number of carboxylic acids is 1. The van der Waals surface area contributed by atoms with Crippen molar-refractivity contribution < 1.29 is 19.5 Å². The van der Waals surface area contributed by atoms with Crippen LogP contribution in [-0.2, 0) is 11.2 Å². The van der Waals surface area contributed by atoms with Crippen molar-refractivity contribution in [3.05, 3.63) is 65.2 Å². The van der Waals surface area contributed by atoms with Crippen molar-refractivity contribution in [2.24, 2.45) is 0 Å². The Morgan fingerprint density at radius 2 is 1.78 bits per heavy atom. The number of hydrogen-bond donors (Lipinski definition) is 2. The molecule has 1 fully saturated rings. The van der Waals surface area contributed by atoms with Gasteiger partial charge in [0.05, 0.1) is 0 Å². The van der Waals surface area contributed by atoms with E-state index in [0.717, 1.165) is 5.56 Å². The third kappa shape index (κ3) is 3.01. The number of rotatable bonds is 3. The Kier molecular flexibility index (Phi) is 4.27. The third-order valence-corrected chi connectivity index (χ3v) is 5.06. The molecule has 4 rings (SSSR count). The van der Waals surface area contributed by atoms with Crippen molar-refractivity contribution >= 4 is 23.6 Å². The van der Waals surface area contributed by atoms with Gasteiger partial charge >= 0.3 is 12.0 Å². The Morgan fingerprint density at radius 1 is 1.04 bits per heavy atom. The molecule has 1 atom stereocenters. The van der Waals surface area contributed by atoms with Crippen molar-refractivity contribution in [3.8, 4) is 0 Å². The minimum absolute atomic E-state index is 0.160. The second-order valence-electron chi connectivity index (χ2n) is 6.62. The van der Waals surface area contributed by atoms with Gasteiger partial charge in [-0.25, -0.2) is 9.59 Å². The molecule has 2 aromatic rings. The number of urea groups is 1. The Balaban J connectivity index is 1.60. The number of aliphatic carboxylic acids is 1. The van der Waals surface area contributed by atoms with E-state index in [-0.39, 0.29) is 11.9 Å². The molecular formula is C20H19N3O4. The summed E-state index contributed by atoms with van der Waals surface area (Å²) in [5.41, 5.74) is 2.74. The molecule has 2 aromatic carbocycles. The number of carbonyl (C=O) groups excluding carboxylic acids is 2. The van der Waals surface area contributed by atoms with Crippen LogP contribution in [0.3, 0.4) is 0 Å². The van der Waals surface area contributed by atoms with Crippen LogP contribution in [-0.4, -0.2) is 47.5 Å². The van der Waals surface area contributed by atoms with Crippen molar-refractivity contribution in [1.29, 1.82) is 0 Å². The van der Waals surface area contributed by atoms with Crippen molar-refractivity contribution in [2.75, 3.05) is 24.5 Å². The Morgan fingerprint density at radius 3 is 2.44 bits per heavy atom. The lowest BCUT2D eigenvalue weighted by Gasteiger charge is -2.34. The molecule has 0 aliphatic carbocycles. The summed E-state index contributed by atoms with van der Waals surface area (Å²) in [5.74, 6) is -1.37. The molecule has 7 heteroatoms. The van der Waals surface area contributed by atoms with Gasteiger partial charge in [0, 0.05) is 30.9 Å². The summed E-state index contributed by atoms with van der Waals surface area (Å²) in [7, 11) is 0. The predicted molar refractivity (Wildman–Crippen MR) is 98.7 cm³/mol. The number of benzene rings is 2. The highest BCUT2D eigenvalue weighted by Gasteiger charge is 2.36. The Bertz CT molecular complexity index is 910. The minimum atomic E-state index is -1.04. The summed E-state index contributed by atoms with van der Waals surface area (Å²) >= 11 is 0. The maximum atomic E-state index is 13.0. The molecular weight excluding hydrogens is 346 g/mol. The van der Waals surface area contributed by atoms with E-state index in [9.17, 15) is 19.5 Å². The first-order valence-corrected chi connectivity index (χ1v) is 8.83. The monoisotopic (exact) mass is 365 g/mol. The number of anilines is 1. The average Bonchev–Trinajstić information content (AvgIpc) is 3.12. The molecule has 27 heavy (non-hydrogen) atoms. The topological polar surface area (TPSA) is 89.9 Å². The van der Waals surface area contributed by atoms with Gasteiger partial charge in [0.1, 0.15) is 0 Å². The molecule has 0 spiro atoms. The highest BCUT2D eigenvalue weighted by molar-refractivity contribution is 5.98. The highest BCUT2D eigenvalue weighted by atomic mass is 16.4. The van der Waals surface area contributed by atoms with Crippen LogP contribution in [0.15, 0.2) is 48.5 Å². The lowest BCUT2D eigenvalue weighted by Crippen LogP contribution is -2.43. The number of amides is 3. The van der Waals surface area contributed by atoms with E-state index in [4.69, 9.17) is 0 Å². The number of hydrogen-bond acceptors (Lipinski definition) is 3. The van der Waals surface area contributed by atoms with Crippen molar-refractivity contribution in [3.63, 3.8) is 0 Å². The van der Waals surface area contributed by atoms with E-state index >= 15 is 0 Å². The van der Waals surface area contributed by atoms with Crippen LogP contribution in [0.4, 0.5) is 10.5 Å².